The first kappa shape index (κ1) is 16.1. The average molecular weight is 297 g/mol. The van der Waals surface area contributed by atoms with Crippen molar-refractivity contribution in [2.24, 2.45) is 5.92 Å². The smallest absolute Gasteiger partial charge is 0.407 e. The molecule has 0 aliphatic carbocycles. The number of nitrogens with one attached hydrogen (secondary N) is 2. The number of carbonyl (C=O) groups excluding carboxylic acids is 2. The number of piperidine rings is 1. The van der Waals surface area contributed by atoms with Crippen molar-refractivity contribution in [1.29, 1.82) is 0 Å². The molecule has 0 radical (unpaired) electrons. The van der Waals surface area contributed by atoms with E-state index in [-0.39, 0.29) is 11.9 Å². The summed E-state index contributed by atoms with van der Waals surface area (Å²) < 4.78 is 5.27. The monoisotopic (exact) mass is 297 g/mol. The molecular formula is C15H27N3O3. The van der Waals surface area contributed by atoms with Crippen molar-refractivity contribution in [1.82, 2.24) is 15.5 Å². The molecule has 6 nitrogen and oxygen atoms in total. The molecule has 21 heavy (non-hydrogen) atoms. The van der Waals surface area contributed by atoms with Crippen molar-refractivity contribution in [3.8, 4) is 0 Å². The van der Waals surface area contributed by atoms with Gasteiger partial charge in [-0.3, -0.25) is 4.79 Å². The van der Waals surface area contributed by atoms with E-state index in [4.69, 9.17) is 4.74 Å². The zero-order valence-electron chi connectivity index (χ0n) is 13.3. The van der Waals surface area contributed by atoms with Crippen molar-refractivity contribution in [3.63, 3.8) is 0 Å². The fraction of sp³-hybridized carbons (Fsp3) is 0.867. The number of carbonyl (C=O) groups is 2. The molecule has 0 aromatic carbocycles. The predicted molar refractivity (Wildman–Crippen MR) is 79.9 cm³/mol. The van der Waals surface area contributed by atoms with Gasteiger partial charge in [-0.25, -0.2) is 4.79 Å². The number of amides is 2. The maximum Gasteiger partial charge on any atom is 0.407 e. The third-order valence-electron chi connectivity index (χ3n) is 3.82. The zero-order chi connectivity index (χ0) is 15.5. The van der Waals surface area contributed by atoms with E-state index >= 15 is 0 Å². The summed E-state index contributed by atoms with van der Waals surface area (Å²) in [6, 6.07) is -0.00272. The van der Waals surface area contributed by atoms with E-state index in [0.717, 1.165) is 32.5 Å². The predicted octanol–water partition coefficient (Wildman–Crippen LogP) is 1.11. The van der Waals surface area contributed by atoms with Crippen LogP contribution in [0.4, 0.5) is 4.79 Å². The number of rotatable bonds is 3. The zero-order valence-corrected chi connectivity index (χ0v) is 13.3. The Morgan fingerprint density at radius 1 is 1.33 bits per heavy atom. The van der Waals surface area contributed by atoms with Gasteiger partial charge < -0.3 is 20.3 Å². The second-order valence-corrected chi connectivity index (χ2v) is 7.05. The van der Waals surface area contributed by atoms with Gasteiger partial charge in [0.1, 0.15) is 5.60 Å². The van der Waals surface area contributed by atoms with Crippen LogP contribution in [0.25, 0.3) is 0 Å². The van der Waals surface area contributed by atoms with Crippen LogP contribution in [-0.4, -0.2) is 54.7 Å². The Bertz CT molecular complexity index is 388. The standard InChI is InChI=1S/C15H27N3O3/c1-15(2,3)21-14(20)17-12-5-4-6-18(10-12)13(19)7-11-8-16-9-11/h11-12,16H,4-10H2,1-3H3,(H,17,20)/t12-/m0/s1. The molecule has 120 valence electrons. The molecule has 0 unspecified atom stereocenters. The molecular weight excluding hydrogens is 270 g/mol. The van der Waals surface area contributed by atoms with Crippen LogP contribution in [0.3, 0.4) is 0 Å². The highest BCUT2D eigenvalue weighted by molar-refractivity contribution is 5.77. The Morgan fingerprint density at radius 2 is 2.05 bits per heavy atom. The molecule has 1 atom stereocenters. The van der Waals surface area contributed by atoms with Crippen LogP contribution in [0.5, 0.6) is 0 Å². The average Bonchev–Trinajstić information content (AvgIpc) is 2.31. The fourth-order valence-corrected chi connectivity index (χ4v) is 2.66. The first-order valence-corrected chi connectivity index (χ1v) is 7.81. The number of nitrogens with zero attached hydrogens (tertiary/aromatic N) is 1. The van der Waals surface area contributed by atoms with Crippen LogP contribution in [0.1, 0.15) is 40.0 Å². The molecule has 2 rings (SSSR count). The Balaban J connectivity index is 1.77. The first-order chi connectivity index (χ1) is 9.83. The summed E-state index contributed by atoms with van der Waals surface area (Å²) in [5, 5.41) is 6.06. The summed E-state index contributed by atoms with van der Waals surface area (Å²) in [7, 11) is 0. The molecule has 2 amide bonds. The van der Waals surface area contributed by atoms with Gasteiger partial charge in [0.15, 0.2) is 0 Å². The number of hydrogen-bond donors (Lipinski definition) is 2. The SMILES string of the molecule is CC(C)(C)OC(=O)N[C@H]1CCCN(C(=O)CC2CNC2)C1. The maximum atomic E-state index is 12.2. The number of hydrogen-bond acceptors (Lipinski definition) is 4. The Labute approximate surface area is 126 Å². The quantitative estimate of drug-likeness (QED) is 0.819. The molecule has 0 saturated carbocycles. The van der Waals surface area contributed by atoms with Gasteiger partial charge in [-0.05, 0) is 52.6 Å². The van der Waals surface area contributed by atoms with Crippen LogP contribution in [-0.2, 0) is 9.53 Å². The van der Waals surface area contributed by atoms with E-state index in [0.29, 0.717) is 18.9 Å². The number of alkyl carbamates (subject to hydrolysis) is 1. The van der Waals surface area contributed by atoms with Gasteiger partial charge in [-0.1, -0.05) is 0 Å². The Kier molecular flexibility index (Phi) is 5.08. The minimum atomic E-state index is -0.495. The molecule has 6 heteroatoms. The van der Waals surface area contributed by atoms with Crippen molar-refractivity contribution >= 4 is 12.0 Å². The maximum absolute atomic E-state index is 12.2. The van der Waals surface area contributed by atoms with Crippen LogP contribution in [0, 0.1) is 5.92 Å². The van der Waals surface area contributed by atoms with Crippen molar-refractivity contribution in [2.45, 2.75) is 51.7 Å². The lowest BCUT2D eigenvalue weighted by atomic mass is 9.97. The summed E-state index contributed by atoms with van der Waals surface area (Å²) in [5.74, 6) is 0.689. The summed E-state index contributed by atoms with van der Waals surface area (Å²) in [4.78, 5) is 25.9. The van der Waals surface area contributed by atoms with Crippen molar-refractivity contribution in [3.05, 3.63) is 0 Å². The topological polar surface area (TPSA) is 70.7 Å². The largest absolute Gasteiger partial charge is 0.444 e. The summed E-state index contributed by atoms with van der Waals surface area (Å²) in [6.45, 7) is 8.81. The highest BCUT2D eigenvalue weighted by Crippen LogP contribution is 2.16. The van der Waals surface area contributed by atoms with Crippen LogP contribution in [0.2, 0.25) is 0 Å². The molecule has 2 heterocycles. The lowest BCUT2D eigenvalue weighted by Crippen LogP contribution is -2.52. The van der Waals surface area contributed by atoms with Gasteiger partial charge in [0, 0.05) is 25.6 Å². The molecule has 2 aliphatic rings. The molecule has 2 aliphatic heterocycles. The van der Waals surface area contributed by atoms with Crippen LogP contribution >= 0.6 is 0 Å². The van der Waals surface area contributed by atoms with Gasteiger partial charge in [0.05, 0.1) is 0 Å². The van der Waals surface area contributed by atoms with Crippen molar-refractivity contribution in [2.75, 3.05) is 26.2 Å². The van der Waals surface area contributed by atoms with E-state index in [1.54, 1.807) is 0 Å². The highest BCUT2D eigenvalue weighted by Gasteiger charge is 2.29. The minimum Gasteiger partial charge on any atom is -0.444 e. The number of likely N-dealkylation sites (tertiary alicyclic amines) is 1. The molecule has 0 aromatic rings. The molecule has 0 spiro atoms. The second-order valence-electron chi connectivity index (χ2n) is 7.05. The van der Waals surface area contributed by atoms with Gasteiger partial charge in [-0.15, -0.1) is 0 Å². The highest BCUT2D eigenvalue weighted by atomic mass is 16.6. The van der Waals surface area contributed by atoms with Crippen LogP contribution < -0.4 is 10.6 Å². The normalized spacial score (nSPS) is 23.4. The van der Waals surface area contributed by atoms with E-state index in [1.807, 2.05) is 25.7 Å². The molecule has 2 fully saturated rings. The summed E-state index contributed by atoms with van der Waals surface area (Å²) in [6.07, 6.45) is 2.04. The van der Waals surface area contributed by atoms with Gasteiger partial charge in [0.2, 0.25) is 5.91 Å². The lowest BCUT2D eigenvalue weighted by Gasteiger charge is -2.35. The second kappa shape index (κ2) is 6.64. The van der Waals surface area contributed by atoms with E-state index < -0.39 is 11.7 Å². The van der Waals surface area contributed by atoms with Crippen LogP contribution in [0.15, 0.2) is 0 Å². The van der Waals surface area contributed by atoms with E-state index in [9.17, 15) is 9.59 Å². The molecule has 0 aromatic heterocycles. The summed E-state index contributed by atoms with van der Waals surface area (Å²) >= 11 is 0. The van der Waals surface area contributed by atoms with Gasteiger partial charge in [0.25, 0.3) is 0 Å². The molecule has 0 bridgehead atoms. The van der Waals surface area contributed by atoms with Gasteiger partial charge >= 0.3 is 6.09 Å². The fourth-order valence-electron chi connectivity index (χ4n) is 2.66. The van der Waals surface area contributed by atoms with Crippen molar-refractivity contribution < 1.29 is 14.3 Å². The third kappa shape index (κ3) is 5.19. The first-order valence-electron chi connectivity index (χ1n) is 7.81. The van der Waals surface area contributed by atoms with E-state index in [1.165, 1.54) is 0 Å². The Hall–Kier alpha value is -1.30. The lowest BCUT2D eigenvalue weighted by molar-refractivity contribution is -0.134. The van der Waals surface area contributed by atoms with E-state index in [2.05, 4.69) is 10.6 Å². The third-order valence-corrected chi connectivity index (χ3v) is 3.82. The molecule has 2 saturated heterocycles. The number of ether oxygens (including phenoxy) is 1. The Morgan fingerprint density at radius 3 is 2.62 bits per heavy atom. The summed E-state index contributed by atoms with van der Waals surface area (Å²) in [5.41, 5.74) is -0.495. The minimum absolute atomic E-state index is 0.00272. The molecule has 2 N–H and O–H groups in total. The van der Waals surface area contributed by atoms with Gasteiger partial charge in [-0.2, -0.15) is 0 Å².